The lowest BCUT2D eigenvalue weighted by atomic mass is 10.1. The molecule has 3 heterocycles. The van der Waals surface area contributed by atoms with Gasteiger partial charge in [0.05, 0.1) is 41.0 Å². The van der Waals surface area contributed by atoms with Crippen molar-refractivity contribution in [2.75, 3.05) is 19.7 Å². The van der Waals surface area contributed by atoms with E-state index in [1.165, 1.54) is 29.4 Å². The Kier molecular flexibility index (Phi) is 6.60. The Labute approximate surface area is 195 Å². The molecule has 3 aromatic rings. The molecule has 0 spiro atoms. The summed E-state index contributed by atoms with van der Waals surface area (Å²) in [5, 5.41) is 8.90. The second kappa shape index (κ2) is 9.58. The van der Waals surface area contributed by atoms with Crippen LogP contribution in [0.1, 0.15) is 39.1 Å². The zero-order valence-corrected chi connectivity index (χ0v) is 18.9. The van der Waals surface area contributed by atoms with E-state index in [-0.39, 0.29) is 36.9 Å². The predicted molar refractivity (Wildman–Crippen MR) is 121 cm³/mol. The average Bonchev–Trinajstić information content (AvgIpc) is 3.19. The molecule has 1 N–H and O–H groups in total. The first-order chi connectivity index (χ1) is 15.8. The summed E-state index contributed by atoms with van der Waals surface area (Å²) in [6.07, 6.45) is 5.29. The maximum Gasteiger partial charge on any atom is 0.257 e. The Morgan fingerprint density at radius 1 is 1.24 bits per heavy atom. The number of aromatic nitrogens is 4. The second-order valence-corrected chi connectivity index (χ2v) is 8.19. The lowest BCUT2D eigenvalue weighted by Crippen LogP contribution is -2.29. The van der Waals surface area contributed by atoms with E-state index < -0.39 is 11.7 Å². The Hall–Kier alpha value is -3.46. The van der Waals surface area contributed by atoms with E-state index in [0.717, 1.165) is 5.56 Å². The quantitative estimate of drug-likeness (QED) is 0.593. The van der Waals surface area contributed by atoms with Gasteiger partial charge in [-0.05, 0) is 31.5 Å². The van der Waals surface area contributed by atoms with Crippen LogP contribution in [0.2, 0.25) is 5.02 Å². The van der Waals surface area contributed by atoms with Gasteiger partial charge in [0.1, 0.15) is 23.7 Å². The molecule has 170 valence electrons. The van der Waals surface area contributed by atoms with Crippen LogP contribution in [-0.4, -0.2) is 56.2 Å². The number of nitrogens with one attached hydrogen (secondary N) is 1. The first-order valence-electron chi connectivity index (χ1n) is 10.4. The molecule has 1 fully saturated rings. The Balaban J connectivity index is 1.50. The number of ether oxygens (including phenoxy) is 1. The molecule has 4 rings (SSSR count). The van der Waals surface area contributed by atoms with Gasteiger partial charge in [0.25, 0.3) is 5.91 Å². The second-order valence-electron chi connectivity index (χ2n) is 7.82. The van der Waals surface area contributed by atoms with E-state index in [2.05, 4.69) is 19.9 Å². The minimum atomic E-state index is -0.503. The highest BCUT2D eigenvalue weighted by Gasteiger charge is 2.35. The molecule has 1 unspecified atom stereocenters. The Morgan fingerprint density at radius 2 is 1.94 bits per heavy atom. The number of aryl methyl sites for hydroxylation is 2. The first-order valence-corrected chi connectivity index (χ1v) is 10.7. The van der Waals surface area contributed by atoms with Gasteiger partial charge in [0.2, 0.25) is 0 Å². The topological polar surface area (TPSA) is 105 Å². The zero-order chi connectivity index (χ0) is 23.5. The number of hydrogen-bond acceptors (Lipinski definition) is 7. The van der Waals surface area contributed by atoms with E-state index in [9.17, 15) is 9.18 Å². The molecule has 8 nitrogen and oxygen atoms in total. The summed E-state index contributed by atoms with van der Waals surface area (Å²) < 4.78 is 19.7. The summed E-state index contributed by atoms with van der Waals surface area (Å²) in [6, 6.07) is 3.82. The predicted octanol–water partition coefficient (Wildman–Crippen LogP) is 3.56. The molecular formula is C23H22ClFN6O2. The number of benzene rings is 1. The number of carbonyl (C=O) groups excluding carboxylic acids is 1. The zero-order valence-electron chi connectivity index (χ0n) is 18.2. The van der Waals surface area contributed by atoms with Crippen molar-refractivity contribution >= 4 is 23.2 Å². The molecule has 1 aliphatic heterocycles. The van der Waals surface area contributed by atoms with Gasteiger partial charge in [-0.1, -0.05) is 11.6 Å². The van der Waals surface area contributed by atoms with Crippen LogP contribution in [0.4, 0.5) is 4.39 Å². The van der Waals surface area contributed by atoms with Gasteiger partial charge >= 0.3 is 0 Å². The number of hydrogen-bond donors (Lipinski definition) is 1. The maximum absolute atomic E-state index is 13.9. The third-order valence-electron chi connectivity index (χ3n) is 5.42. The maximum atomic E-state index is 13.9. The SMILES string of the molecule is Cc1nc(C2CN(C(=O)c3ccc(F)cc3OCCc3cncnc3)CC2=N)nc(C)c1Cl. The fourth-order valence-corrected chi connectivity index (χ4v) is 3.77. The van der Waals surface area contributed by atoms with Crippen LogP contribution in [0.5, 0.6) is 5.75 Å². The van der Waals surface area contributed by atoms with Gasteiger partial charge < -0.3 is 15.0 Å². The standard InChI is InChI=1S/C23H22ClFN6O2/c1-13-21(24)14(2)30-22(29-13)18-10-31(11-19(18)26)23(32)17-4-3-16(25)7-20(17)33-6-5-15-8-27-12-28-9-15/h3-4,7-9,12,18,26H,5-6,10-11H2,1-2H3. The third kappa shape index (κ3) is 4.98. The molecule has 2 aromatic heterocycles. The first kappa shape index (κ1) is 22.7. The molecule has 1 aromatic carbocycles. The summed E-state index contributed by atoms with van der Waals surface area (Å²) in [5.41, 5.74) is 2.70. The summed E-state index contributed by atoms with van der Waals surface area (Å²) in [6.45, 7) is 4.17. The highest BCUT2D eigenvalue weighted by atomic mass is 35.5. The van der Waals surface area contributed by atoms with E-state index in [1.807, 2.05) is 0 Å². The van der Waals surface area contributed by atoms with E-state index >= 15 is 0 Å². The van der Waals surface area contributed by atoms with E-state index in [0.29, 0.717) is 34.4 Å². The fraction of sp³-hybridized carbons (Fsp3) is 0.304. The molecule has 0 radical (unpaired) electrons. The van der Waals surface area contributed by atoms with Gasteiger partial charge in [0.15, 0.2) is 0 Å². The highest BCUT2D eigenvalue weighted by molar-refractivity contribution is 6.31. The van der Waals surface area contributed by atoms with Crippen molar-refractivity contribution in [3.8, 4) is 5.75 Å². The Morgan fingerprint density at radius 3 is 2.64 bits per heavy atom. The van der Waals surface area contributed by atoms with Gasteiger partial charge in [-0.25, -0.2) is 24.3 Å². The smallest absolute Gasteiger partial charge is 0.257 e. The molecule has 0 aliphatic carbocycles. The van der Waals surface area contributed by atoms with Crippen LogP contribution in [0.15, 0.2) is 36.9 Å². The molecule has 33 heavy (non-hydrogen) atoms. The van der Waals surface area contributed by atoms with Crippen LogP contribution < -0.4 is 4.74 Å². The monoisotopic (exact) mass is 468 g/mol. The van der Waals surface area contributed by atoms with Crippen molar-refractivity contribution in [2.45, 2.75) is 26.2 Å². The van der Waals surface area contributed by atoms with Crippen molar-refractivity contribution < 1.29 is 13.9 Å². The van der Waals surface area contributed by atoms with Crippen molar-refractivity contribution in [1.29, 1.82) is 5.41 Å². The fourth-order valence-electron chi connectivity index (χ4n) is 3.69. The van der Waals surface area contributed by atoms with Gasteiger partial charge in [-0.3, -0.25) is 4.79 Å². The number of nitrogens with zero attached hydrogens (tertiary/aromatic N) is 5. The largest absolute Gasteiger partial charge is 0.492 e. The molecule has 10 heteroatoms. The highest BCUT2D eigenvalue weighted by Crippen LogP contribution is 2.29. The number of carbonyl (C=O) groups is 1. The number of amides is 1. The summed E-state index contributed by atoms with van der Waals surface area (Å²) >= 11 is 6.17. The summed E-state index contributed by atoms with van der Waals surface area (Å²) in [4.78, 5) is 31.5. The lowest BCUT2D eigenvalue weighted by Gasteiger charge is -2.18. The molecule has 1 atom stereocenters. The summed E-state index contributed by atoms with van der Waals surface area (Å²) in [7, 11) is 0. The average molecular weight is 469 g/mol. The van der Waals surface area contributed by atoms with E-state index in [1.54, 1.807) is 26.2 Å². The summed E-state index contributed by atoms with van der Waals surface area (Å²) in [5.74, 6) is -0.650. The van der Waals surface area contributed by atoms with Crippen LogP contribution in [0.25, 0.3) is 0 Å². The number of rotatable bonds is 6. The van der Waals surface area contributed by atoms with Crippen LogP contribution in [-0.2, 0) is 6.42 Å². The Bertz CT molecular complexity index is 1180. The molecule has 1 saturated heterocycles. The minimum Gasteiger partial charge on any atom is -0.492 e. The van der Waals surface area contributed by atoms with Crippen molar-refractivity contribution in [3.05, 3.63) is 76.1 Å². The van der Waals surface area contributed by atoms with Crippen molar-refractivity contribution in [3.63, 3.8) is 0 Å². The van der Waals surface area contributed by atoms with Crippen LogP contribution in [0.3, 0.4) is 0 Å². The van der Waals surface area contributed by atoms with E-state index in [4.69, 9.17) is 21.7 Å². The minimum absolute atomic E-state index is 0.131. The molecule has 1 amide bonds. The number of halogens is 2. The normalized spacial score (nSPS) is 15.7. The van der Waals surface area contributed by atoms with Crippen LogP contribution in [0, 0.1) is 25.1 Å². The van der Waals surface area contributed by atoms with Crippen molar-refractivity contribution in [1.82, 2.24) is 24.8 Å². The molecule has 1 aliphatic rings. The molecule has 0 saturated carbocycles. The van der Waals surface area contributed by atoms with Gasteiger partial charge in [-0.2, -0.15) is 0 Å². The lowest BCUT2D eigenvalue weighted by molar-refractivity contribution is 0.0790. The van der Waals surface area contributed by atoms with Gasteiger partial charge in [-0.15, -0.1) is 0 Å². The third-order valence-corrected chi connectivity index (χ3v) is 5.97. The molecular weight excluding hydrogens is 447 g/mol. The van der Waals surface area contributed by atoms with Crippen molar-refractivity contribution in [2.24, 2.45) is 0 Å². The molecule has 0 bridgehead atoms. The van der Waals surface area contributed by atoms with Crippen LogP contribution >= 0.6 is 11.6 Å². The van der Waals surface area contributed by atoms with Gasteiger partial charge in [0, 0.05) is 37.1 Å². The number of likely N-dealkylation sites (tertiary alicyclic amines) is 1.